The topological polar surface area (TPSA) is 33.2 Å². The monoisotopic (exact) mass is 274 g/mol. The van der Waals surface area contributed by atoms with Crippen molar-refractivity contribution in [2.45, 2.75) is 13.1 Å². The summed E-state index contributed by atoms with van der Waals surface area (Å²) in [6, 6.07) is 17.9. The van der Waals surface area contributed by atoms with Gasteiger partial charge in [-0.3, -0.25) is 9.78 Å². The van der Waals surface area contributed by atoms with E-state index in [1.165, 1.54) is 11.1 Å². The minimum Gasteiger partial charge on any atom is -0.330 e. The summed E-state index contributed by atoms with van der Waals surface area (Å²) in [6.45, 7) is 1.36. The molecule has 0 N–H and O–H groups in total. The third-order valence-electron chi connectivity index (χ3n) is 3.99. The fourth-order valence-corrected chi connectivity index (χ4v) is 2.92. The summed E-state index contributed by atoms with van der Waals surface area (Å²) in [5, 5.41) is 1.00. The lowest BCUT2D eigenvalue weighted by Gasteiger charge is -2.16. The molecular weight excluding hydrogens is 260 g/mol. The molecule has 0 saturated heterocycles. The highest BCUT2D eigenvalue weighted by Gasteiger charge is 2.25. The molecule has 1 aliphatic heterocycles. The van der Waals surface area contributed by atoms with Crippen LogP contribution in [0.5, 0.6) is 0 Å². The molecular formula is C18H14N2O. The first kappa shape index (κ1) is 12.1. The van der Waals surface area contributed by atoms with Crippen molar-refractivity contribution in [1.29, 1.82) is 0 Å². The molecule has 0 unspecified atom stereocenters. The molecule has 0 fully saturated rings. The lowest BCUT2D eigenvalue weighted by molar-refractivity contribution is 0.0753. The molecule has 2 aromatic carbocycles. The molecule has 0 saturated carbocycles. The van der Waals surface area contributed by atoms with Gasteiger partial charge in [0.25, 0.3) is 5.91 Å². The van der Waals surface area contributed by atoms with Crippen LogP contribution < -0.4 is 0 Å². The van der Waals surface area contributed by atoms with Crippen LogP contribution in [0.3, 0.4) is 0 Å². The van der Waals surface area contributed by atoms with Gasteiger partial charge in [0.2, 0.25) is 0 Å². The van der Waals surface area contributed by atoms with Gasteiger partial charge in [-0.25, -0.2) is 0 Å². The zero-order chi connectivity index (χ0) is 14.2. The van der Waals surface area contributed by atoms with Crippen LogP contribution in [0.1, 0.15) is 21.5 Å². The summed E-state index contributed by atoms with van der Waals surface area (Å²) in [5.74, 6) is 0.0514. The second-order valence-corrected chi connectivity index (χ2v) is 5.31. The smallest absolute Gasteiger partial charge is 0.256 e. The van der Waals surface area contributed by atoms with E-state index >= 15 is 0 Å². The van der Waals surface area contributed by atoms with Crippen molar-refractivity contribution in [3.8, 4) is 0 Å². The normalized spacial score (nSPS) is 13.4. The number of carbonyl (C=O) groups excluding carboxylic acids is 1. The van der Waals surface area contributed by atoms with Crippen molar-refractivity contribution in [3.63, 3.8) is 0 Å². The number of amides is 1. The number of pyridine rings is 1. The number of hydrogen-bond donors (Lipinski definition) is 0. The summed E-state index contributed by atoms with van der Waals surface area (Å²) in [5.41, 5.74) is 3.93. The maximum atomic E-state index is 12.8. The van der Waals surface area contributed by atoms with Crippen molar-refractivity contribution in [2.24, 2.45) is 0 Å². The Morgan fingerprint density at radius 2 is 1.62 bits per heavy atom. The summed E-state index contributed by atoms with van der Waals surface area (Å²) in [4.78, 5) is 19.1. The zero-order valence-corrected chi connectivity index (χ0v) is 11.5. The minimum atomic E-state index is 0.0514. The molecule has 1 amide bonds. The van der Waals surface area contributed by atoms with Crippen LogP contribution in [0.4, 0.5) is 0 Å². The molecule has 0 radical (unpaired) electrons. The first-order valence-electron chi connectivity index (χ1n) is 7.03. The third-order valence-corrected chi connectivity index (χ3v) is 3.99. The van der Waals surface area contributed by atoms with E-state index in [1.807, 2.05) is 47.4 Å². The van der Waals surface area contributed by atoms with Crippen LogP contribution in [-0.2, 0) is 13.1 Å². The minimum absolute atomic E-state index is 0.0514. The summed E-state index contributed by atoms with van der Waals surface area (Å²) >= 11 is 0. The van der Waals surface area contributed by atoms with Gasteiger partial charge < -0.3 is 4.90 Å². The van der Waals surface area contributed by atoms with Crippen molar-refractivity contribution in [2.75, 3.05) is 0 Å². The predicted molar refractivity (Wildman–Crippen MR) is 81.8 cm³/mol. The molecule has 1 aliphatic rings. The molecule has 0 aliphatic carbocycles. The molecule has 0 bridgehead atoms. The van der Waals surface area contributed by atoms with E-state index < -0.39 is 0 Å². The average Bonchev–Trinajstić information content (AvgIpc) is 2.97. The first-order valence-corrected chi connectivity index (χ1v) is 7.03. The third kappa shape index (κ3) is 1.98. The second kappa shape index (κ2) is 4.70. The molecule has 3 nitrogen and oxygen atoms in total. The van der Waals surface area contributed by atoms with E-state index in [9.17, 15) is 4.79 Å². The molecule has 4 rings (SSSR count). The van der Waals surface area contributed by atoms with Crippen LogP contribution in [0.15, 0.2) is 60.8 Å². The van der Waals surface area contributed by atoms with E-state index in [2.05, 4.69) is 17.1 Å². The van der Waals surface area contributed by atoms with Gasteiger partial charge in [0, 0.05) is 24.7 Å². The highest BCUT2D eigenvalue weighted by atomic mass is 16.2. The van der Waals surface area contributed by atoms with E-state index in [0.717, 1.165) is 10.9 Å². The van der Waals surface area contributed by atoms with Gasteiger partial charge in [0.05, 0.1) is 11.1 Å². The molecule has 1 aromatic heterocycles. The number of benzene rings is 2. The Kier molecular flexibility index (Phi) is 2.71. The molecule has 102 valence electrons. The van der Waals surface area contributed by atoms with Crippen LogP contribution in [0.25, 0.3) is 10.9 Å². The van der Waals surface area contributed by atoms with E-state index in [1.54, 1.807) is 6.20 Å². The number of nitrogens with zero attached hydrogens (tertiary/aromatic N) is 2. The SMILES string of the molecule is O=C(c1cccc2cccnc12)N1Cc2ccccc2C1. The van der Waals surface area contributed by atoms with Gasteiger partial charge in [0.15, 0.2) is 0 Å². The Morgan fingerprint density at radius 1 is 0.905 bits per heavy atom. The van der Waals surface area contributed by atoms with E-state index in [-0.39, 0.29) is 5.91 Å². The van der Waals surface area contributed by atoms with Gasteiger partial charge >= 0.3 is 0 Å². The number of para-hydroxylation sites is 1. The van der Waals surface area contributed by atoms with Gasteiger partial charge in [-0.1, -0.05) is 42.5 Å². The Hall–Kier alpha value is -2.68. The Morgan fingerprint density at radius 3 is 2.38 bits per heavy atom. The second-order valence-electron chi connectivity index (χ2n) is 5.31. The molecule has 21 heavy (non-hydrogen) atoms. The summed E-state index contributed by atoms with van der Waals surface area (Å²) < 4.78 is 0. The highest BCUT2D eigenvalue weighted by molar-refractivity contribution is 6.05. The lowest BCUT2D eigenvalue weighted by atomic mass is 10.1. The maximum absolute atomic E-state index is 12.8. The fourth-order valence-electron chi connectivity index (χ4n) is 2.92. The van der Waals surface area contributed by atoms with E-state index in [4.69, 9.17) is 0 Å². The maximum Gasteiger partial charge on any atom is 0.256 e. The van der Waals surface area contributed by atoms with Crippen LogP contribution in [0.2, 0.25) is 0 Å². The van der Waals surface area contributed by atoms with Gasteiger partial charge in [-0.05, 0) is 23.3 Å². The lowest BCUT2D eigenvalue weighted by Crippen LogP contribution is -2.25. The molecule has 0 atom stereocenters. The fraction of sp³-hybridized carbons (Fsp3) is 0.111. The van der Waals surface area contributed by atoms with Crippen LogP contribution in [0, 0.1) is 0 Å². The Bertz CT molecular complexity index is 811. The summed E-state index contributed by atoms with van der Waals surface area (Å²) in [6.07, 6.45) is 1.73. The summed E-state index contributed by atoms with van der Waals surface area (Å²) in [7, 11) is 0. The average molecular weight is 274 g/mol. The zero-order valence-electron chi connectivity index (χ0n) is 11.5. The highest BCUT2D eigenvalue weighted by Crippen LogP contribution is 2.25. The Balaban J connectivity index is 1.72. The molecule has 2 heterocycles. The standard InChI is InChI=1S/C18H14N2O/c21-18(20-11-14-5-1-2-6-15(14)12-20)16-9-3-7-13-8-4-10-19-17(13)16/h1-10H,11-12H2. The Labute approximate surface area is 122 Å². The van der Waals surface area contributed by atoms with Gasteiger partial charge in [0.1, 0.15) is 0 Å². The molecule has 0 spiro atoms. The van der Waals surface area contributed by atoms with Crippen LogP contribution >= 0.6 is 0 Å². The number of aromatic nitrogens is 1. The number of rotatable bonds is 1. The largest absolute Gasteiger partial charge is 0.330 e. The van der Waals surface area contributed by atoms with Crippen LogP contribution in [-0.4, -0.2) is 15.8 Å². The number of hydrogen-bond acceptors (Lipinski definition) is 2. The molecule has 3 aromatic rings. The van der Waals surface area contributed by atoms with Crippen molar-refractivity contribution in [1.82, 2.24) is 9.88 Å². The van der Waals surface area contributed by atoms with Crippen molar-refractivity contribution >= 4 is 16.8 Å². The first-order chi connectivity index (χ1) is 10.3. The predicted octanol–water partition coefficient (Wildman–Crippen LogP) is 3.39. The van der Waals surface area contributed by atoms with E-state index in [0.29, 0.717) is 18.7 Å². The number of carbonyl (C=O) groups is 1. The van der Waals surface area contributed by atoms with Gasteiger partial charge in [-0.2, -0.15) is 0 Å². The number of fused-ring (bicyclic) bond motifs is 2. The van der Waals surface area contributed by atoms with Gasteiger partial charge in [-0.15, -0.1) is 0 Å². The van der Waals surface area contributed by atoms with Crippen molar-refractivity contribution in [3.05, 3.63) is 77.5 Å². The molecule has 3 heteroatoms. The quantitative estimate of drug-likeness (QED) is 0.681. The van der Waals surface area contributed by atoms with Crippen molar-refractivity contribution < 1.29 is 4.79 Å².